The molecule has 0 saturated heterocycles. The van der Waals surface area contributed by atoms with E-state index in [9.17, 15) is 18.0 Å². The standard InChI is InChI=1S/C28H33N3O4S/c1-6-26(31(36(5,34)35)23-17-16-19(2)20(3)18-23)28(33)30-25-15-11-10-14-24(25)27(32)29-21(4)22-12-8-7-9-13-22/h7-18,21,26H,6H2,1-5H3,(H,29,32)(H,30,33)/t21-,26-/m0/s1. The summed E-state index contributed by atoms with van der Waals surface area (Å²) in [6.45, 7) is 7.47. The Bertz CT molecular complexity index is 1340. The first-order chi connectivity index (χ1) is 17.0. The third-order valence-corrected chi connectivity index (χ3v) is 7.33. The van der Waals surface area contributed by atoms with Gasteiger partial charge in [-0.15, -0.1) is 0 Å². The molecule has 0 bridgehead atoms. The van der Waals surface area contributed by atoms with Crippen LogP contribution in [0.5, 0.6) is 0 Å². The van der Waals surface area contributed by atoms with E-state index in [1.54, 1.807) is 43.3 Å². The van der Waals surface area contributed by atoms with E-state index in [4.69, 9.17) is 0 Å². The predicted molar refractivity (Wildman–Crippen MR) is 145 cm³/mol. The highest BCUT2D eigenvalue weighted by molar-refractivity contribution is 7.92. The fourth-order valence-corrected chi connectivity index (χ4v) is 5.23. The number of para-hydroxylation sites is 1. The van der Waals surface area contributed by atoms with E-state index in [1.165, 1.54) is 0 Å². The third kappa shape index (κ3) is 6.31. The van der Waals surface area contributed by atoms with Crippen LogP contribution in [0.15, 0.2) is 72.8 Å². The fourth-order valence-electron chi connectivity index (χ4n) is 4.03. The van der Waals surface area contributed by atoms with Gasteiger partial charge in [0.25, 0.3) is 5.91 Å². The molecule has 0 aliphatic carbocycles. The van der Waals surface area contributed by atoms with Crippen molar-refractivity contribution in [3.8, 4) is 0 Å². The van der Waals surface area contributed by atoms with Crippen LogP contribution in [0.25, 0.3) is 0 Å². The predicted octanol–water partition coefficient (Wildman–Crippen LogP) is 4.98. The first-order valence-electron chi connectivity index (χ1n) is 11.8. The smallest absolute Gasteiger partial charge is 0.253 e. The molecule has 3 rings (SSSR count). The molecule has 0 heterocycles. The number of hydrogen-bond donors (Lipinski definition) is 2. The number of rotatable bonds is 9. The molecule has 0 saturated carbocycles. The Labute approximate surface area is 213 Å². The average Bonchev–Trinajstić information content (AvgIpc) is 2.84. The molecule has 0 aliphatic heterocycles. The maximum atomic E-state index is 13.4. The van der Waals surface area contributed by atoms with Gasteiger partial charge in [0, 0.05) is 0 Å². The molecule has 0 spiro atoms. The van der Waals surface area contributed by atoms with Crippen molar-refractivity contribution in [1.29, 1.82) is 0 Å². The van der Waals surface area contributed by atoms with Gasteiger partial charge in [-0.2, -0.15) is 0 Å². The minimum atomic E-state index is -3.78. The van der Waals surface area contributed by atoms with Crippen LogP contribution in [0, 0.1) is 13.8 Å². The number of sulfonamides is 1. The van der Waals surface area contributed by atoms with Crippen LogP contribution in [-0.2, 0) is 14.8 Å². The average molecular weight is 508 g/mol. The van der Waals surface area contributed by atoms with Crippen LogP contribution in [0.4, 0.5) is 11.4 Å². The van der Waals surface area contributed by atoms with Gasteiger partial charge in [0.15, 0.2) is 0 Å². The second kappa shape index (κ2) is 11.4. The summed E-state index contributed by atoms with van der Waals surface area (Å²) < 4.78 is 26.7. The largest absolute Gasteiger partial charge is 0.345 e. The number of carbonyl (C=O) groups is 2. The SMILES string of the molecule is CC[C@@H](C(=O)Nc1ccccc1C(=O)N[C@@H](C)c1ccccc1)N(c1ccc(C)c(C)c1)S(C)(=O)=O. The van der Waals surface area contributed by atoms with E-state index >= 15 is 0 Å². The minimum absolute atomic E-state index is 0.239. The Morgan fingerprint density at radius 3 is 2.17 bits per heavy atom. The van der Waals surface area contributed by atoms with E-state index < -0.39 is 22.0 Å². The highest BCUT2D eigenvalue weighted by Crippen LogP contribution is 2.26. The highest BCUT2D eigenvalue weighted by atomic mass is 32.2. The summed E-state index contributed by atoms with van der Waals surface area (Å²) in [6, 6.07) is 20.3. The van der Waals surface area contributed by atoms with Crippen LogP contribution in [-0.4, -0.2) is 32.5 Å². The molecule has 0 radical (unpaired) electrons. The van der Waals surface area contributed by atoms with Crippen molar-refractivity contribution in [3.63, 3.8) is 0 Å². The molecule has 3 aromatic rings. The summed E-state index contributed by atoms with van der Waals surface area (Å²) in [7, 11) is -3.78. The van der Waals surface area contributed by atoms with Crippen molar-refractivity contribution in [2.45, 2.75) is 46.2 Å². The number of nitrogens with one attached hydrogen (secondary N) is 2. The maximum Gasteiger partial charge on any atom is 0.253 e. The Hall–Kier alpha value is -3.65. The van der Waals surface area contributed by atoms with Gasteiger partial charge in [-0.05, 0) is 68.1 Å². The molecule has 0 fully saturated rings. The summed E-state index contributed by atoms with van der Waals surface area (Å²) >= 11 is 0. The van der Waals surface area contributed by atoms with E-state index in [-0.39, 0.29) is 18.4 Å². The molecular weight excluding hydrogens is 474 g/mol. The number of amides is 2. The number of benzene rings is 3. The Morgan fingerprint density at radius 1 is 0.917 bits per heavy atom. The Balaban J connectivity index is 1.88. The minimum Gasteiger partial charge on any atom is -0.345 e. The lowest BCUT2D eigenvalue weighted by atomic mass is 10.1. The molecule has 2 atom stereocenters. The molecule has 36 heavy (non-hydrogen) atoms. The van der Waals surface area contributed by atoms with Gasteiger partial charge < -0.3 is 10.6 Å². The molecule has 0 aliphatic rings. The molecule has 0 aromatic heterocycles. The molecule has 2 amide bonds. The molecule has 0 unspecified atom stereocenters. The van der Waals surface area contributed by atoms with Crippen molar-refractivity contribution in [2.75, 3.05) is 15.9 Å². The zero-order valence-corrected chi connectivity index (χ0v) is 22.1. The van der Waals surface area contributed by atoms with Gasteiger partial charge in [0.1, 0.15) is 6.04 Å². The topological polar surface area (TPSA) is 95.6 Å². The van der Waals surface area contributed by atoms with Gasteiger partial charge in [-0.1, -0.05) is 55.5 Å². The number of aryl methyl sites for hydroxylation is 2. The van der Waals surface area contributed by atoms with Crippen molar-refractivity contribution in [1.82, 2.24) is 5.32 Å². The quantitative estimate of drug-likeness (QED) is 0.427. The van der Waals surface area contributed by atoms with Gasteiger partial charge >= 0.3 is 0 Å². The molecule has 3 aromatic carbocycles. The number of hydrogen-bond acceptors (Lipinski definition) is 4. The zero-order valence-electron chi connectivity index (χ0n) is 21.3. The van der Waals surface area contributed by atoms with Crippen LogP contribution in [0.2, 0.25) is 0 Å². The fraction of sp³-hybridized carbons (Fsp3) is 0.286. The molecular formula is C28H33N3O4S. The lowest BCUT2D eigenvalue weighted by Crippen LogP contribution is -2.47. The van der Waals surface area contributed by atoms with Gasteiger partial charge in [-0.3, -0.25) is 13.9 Å². The van der Waals surface area contributed by atoms with E-state index in [0.717, 1.165) is 27.3 Å². The van der Waals surface area contributed by atoms with Crippen molar-refractivity contribution in [2.24, 2.45) is 0 Å². The highest BCUT2D eigenvalue weighted by Gasteiger charge is 2.32. The second-order valence-corrected chi connectivity index (χ2v) is 10.8. The van der Waals surface area contributed by atoms with Gasteiger partial charge in [0.2, 0.25) is 15.9 Å². The lowest BCUT2D eigenvalue weighted by Gasteiger charge is -2.30. The number of carbonyl (C=O) groups excluding carboxylic acids is 2. The van der Waals surface area contributed by atoms with Crippen LogP contribution in [0.1, 0.15) is 53.4 Å². The number of nitrogens with zero attached hydrogens (tertiary/aromatic N) is 1. The molecule has 2 N–H and O–H groups in total. The Kier molecular flexibility index (Phi) is 8.53. The Morgan fingerprint density at radius 2 is 1.56 bits per heavy atom. The summed E-state index contributed by atoms with van der Waals surface area (Å²) in [5.41, 5.74) is 3.93. The van der Waals surface area contributed by atoms with Crippen LogP contribution >= 0.6 is 0 Å². The summed E-state index contributed by atoms with van der Waals surface area (Å²) in [5.74, 6) is -0.859. The van der Waals surface area contributed by atoms with E-state index in [0.29, 0.717) is 16.9 Å². The van der Waals surface area contributed by atoms with Crippen LogP contribution in [0.3, 0.4) is 0 Å². The van der Waals surface area contributed by atoms with Gasteiger partial charge in [0.05, 0.1) is 29.2 Å². The number of anilines is 2. The normalized spacial score (nSPS) is 12.9. The van der Waals surface area contributed by atoms with Gasteiger partial charge in [-0.25, -0.2) is 8.42 Å². The zero-order chi connectivity index (χ0) is 26.5. The van der Waals surface area contributed by atoms with Crippen LogP contribution < -0.4 is 14.9 Å². The second-order valence-electron chi connectivity index (χ2n) is 8.89. The van der Waals surface area contributed by atoms with E-state index in [1.807, 2.05) is 57.2 Å². The van der Waals surface area contributed by atoms with Crippen molar-refractivity contribution >= 4 is 33.2 Å². The monoisotopic (exact) mass is 507 g/mol. The van der Waals surface area contributed by atoms with Crippen molar-refractivity contribution < 1.29 is 18.0 Å². The molecule has 8 heteroatoms. The first-order valence-corrected chi connectivity index (χ1v) is 13.7. The third-order valence-electron chi connectivity index (χ3n) is 6.15. The summed E-state index contributed by atoms with van der Waals surface area (Å²) in [5, 5.41) is 5.76. The van der Waals surface area contributed by atoms with E-state index in [2.05, 4.69) is 10.6 Å². The van der Waals surface area contributed by atoms with Crippen molar-refractivity contribution in [3.05, 3.63) is 95.1 Å². The summed E-state index contributed by atoms with van der Waals surface area (Å²) in [6.07, 6.45) is 1.33. The molecule has 190 valence electrons. The molecule has 7 nitrogen and oxygen atoms in total. The lowest BCUT2D eigenvalue weighted by molar-refractivity contribution is -0.117. The first kappa shape index (κ1) is 26.9. The summed E-state index contributed by atoms with van der Waals surface area (Å²) in [4.78, 5) is 26.5. The maximum absolute atomic E-state index is 13.4.